The maximum Gasteiger partial charge on any atom is 0.255 e. The third-order valence-electron chi connectivity index (χ3n) is 4.99. The fourth-order valence-electron chi connectivity index (χ4n) is 3.74. The lowest BCUT2D eigenvalue weighted by atomic mass is 9.85. The first kappa shape index (κ1) is 14.8. The van der Waals surface area contributed by atoms with Gasteiger partial charge in [0.05, 0.1) is 11.0 Å². The van der Waals surface area contributed by atoms with Crippen LogP contribution in [0.25, 0.3) is 0 Å². The Morgan fingerprint density at radius 3 is 2.64 bits per heavy atom. The molecule has 2 saturated heterocycles. The van der Waals surface area contributed by atoms with E-state index in [0.717, 1.165) is 17.9 Å². The van der Waals surface area contributed by atoms with Crippen LogP contribution in [-0.2, 0) is 16.1 Å². The average molecular weight is 303 g/mol. The summed E-state index contributed by atoms with van der Waals surface area (Å²) in [6.07, 6.45) is 0.756. The first-order chi connectivity index (χ1) is 10.4. The highest BCUT2D eigenvalue weighted by Gasteiger charge is 2.51. The van der Waals surface area contributed by atoms with Crippen LogP contribution in [0.2, 0.25) is 0 Å². The van der Waals surface area contributed by atoms with Gasteiger partial charge in [0.2, 0.25) is 11.8 Å². The molecule has 3 rings (SSSR count). The summed E-state index contributed by atoms with van der Waals surface area (Å²) in [5.74, 6) is -0.507. The Kier molecular flexibility index (Phi) is 3.34. The molecule has 0 aliphatic carbocycles. The first-order valence-electron chi connectivity index (χ1n) is 7.68. The maximum atomic E-state index is 12.8. The summed E-state index contributed by atoms with van der Waals surface area (Å²) in [4.78, 5) is 38.0. The summed E-state index contributed by atoms with van der Waals surface area (Å²) in [6.45, 7) is 7.66. The van der Waals surface area contributed by atoms with Gasteiger partial charge in [-0.05, 0) is 33.3 Å². The van der Waals surface area contributed by atoms with Crippen molar-refractivity contribution in [3.8, 4) is 0 Å². The molecule has 0 saturated carbocycles. The normalized spacial score (nSPS) is 24.4. The second-order valence-corrected chi connectivity index (χ2v) is 6.34. The van der Waals surface area contributed by atoms with Crippen molar-refractivity contribution in [2.45, 2.75) is 40.2 Å². The second-order valence-electron chi connectivity index (χ2n) is 6.34. The predicted octanol–water partition coefficient (Wildman–Crippen LogP) is 1.00. The number of nitrogens with one attached hydrogen (secondary N) is 1. The molecule has 0 bridgehead atoms. The zero-order valence-corrected chi connectivity index (χ0v) is 13.2. The van der Waals surface area contributed by atoms with Gasteiger partial charge >= 0.3 is 0 Å². The third-order valence-corrected chi connectivity index (χ3v) is 4.99. The van der Waals surface area contributed by atoms with Crippen LogP contribution in [0.4, 0.5) is 0 Å². The number of rotatable bonds is 2. The highest BCUT2D eigenvalue weighted by atomic mass is 16.2. The Labute approximate surface area is 129 Å². The van der Waals surface area contributed by atoms with Gasteiger partial charge in [-0.25, -0.2) is 0 Å². The van der Waals surface area contributed by atoms with Gasteiger partial charge in [0.25, 0.3) is 5.91 Å². The van der Waals surface area contributed by atoms with Crippen LogP contribution >= 0.6 is 0 Å². The van der Waals surface area contributed by atoms with E-state index in [1.54, 1.807) is 4.90 Å². The van der Waals surface area contributed by atoms with Crippen LogP contribution in [0.3, 0.4) is 0 Å². The molecule has 1 N–H and O–H groups in total. The van der Waals surface area contributed by atoms with Gasteiger partial charge in [0, 0.05) is 37.4 Å². The fraction of sp³-hybridized carbons (Fsp3) is 0.562. The maximum absolute atomic E-state index is 12.8. The van der Waals surface area contributed by atoms with E-state index < -0.39 is 5.41 Å². The number of aromatic nitrogens is 1. The lowest BCUT2D eigenvalue weighted by Gasteiger charge is -2.20. The van der Waals surface area contributed by atoms with E-state index in [9.17, 15) is 14.4 Å². The van der Waals surface area contributed by atoms with E-state index in [0.29, 0.717) is 25.1 Å². The molecular weight excluding hydrogens is 282 g/mol. The molecule has 1 atom stereocenters. The number of carbonyl (C=O) groups excluding carboxylic acids is 3. The third kappa shape index (κ3) is 2.05. The van der Waals surface area contributed by atoms with Gasteiger partial charge in [0.15, 0.2) is 0 Å². The molecule has 22 heavy (non-hydrogen) atoms. The quantitative estimate of drug-likeness (QED) is 0.829. The number of imide groups is 1. The van der Waals surface area contributed by atoms with Crippen molar-refractivity contribution >= 4 is 17.7 Å². The summed E-state index contributed by atoms with van der Waals surface area (Å²) >= 11 is 0. The Morgan fingerprint density at radius 1 is 1.36 bits per heavy atom. The monoisotopic (exact) mass is 303 g/mol. The van der Waals surface area contributed by atoms with E-state index in [4.69, 9.17) is 0 Å². The van der Waals surface area contributed by atoms with Crippen molar-refractivity contribution in [1.29, 1.82) is 0 Å². The smallest absolute Gasteiger partial charge is 0.255 e. The molecule has 0 radical (unpaired) electrons. The molecule has 6 heteroatoms. The highest BCUT2D eigenvalue weighted by molar-refractivity contribution is 6.07. The summed E-state index contributed by atoms with van der Waals surface area (Å²) in [6, 6.07) is 1.91. The fourth-order valence-corrected chi connectivity index (χ4v) is 3.74. The molecule has 2 aliphatic rings. The largest absolute Gasteiger partial charge is 0.349 e. The summed E-state index contributed by atoms with van der Waals surface area (Å²) in [5, 5.41) is 2.36. The van der Waals surface area contributed by atoms with Gasteiger partial charge in [-0.2, -0.15) is 0 Å². The zero-order valence-electron chi connectivity index (χ0n) is 13.2. The van der Waals surface area contributed by atoms with Gasteiger partial charge in [-0.15, -0.1) is 0 Å². The van der Waals surface area contributed by atoms with Gasteiger partial charge in [0.1, 0.15) is 0 Å². The topological polar surface area (TPSA) is 71.4 Å². The number of likely N-dealkylation sites (tertiary alicyclic amines) is 1. The Morgan fingerprint density at radius 2 is 2.09 bits per heavy atom. The van der Waals surface area contributed by atoms with Crippen molar-refractivity contribution in [3.63, 3.8) is 0 Å². The number of amides is 3. The number of aryl methyl sites for hydroxylation is 1. The van der Waals surface area contributed by atoms with E-state index in [1.807, 2.05) is 26.8 Å². The van der Waals surface area contributed by atoms with E-state index >= 15 is 0 Å². The molecule has 1 spiro atoms. The highest BCUT2D eigenvalue weighted by Crippen LogP contribution is 2.38. The predicted molar refractivity (Wildman–Crippen MR) is 80.3 cm³/mol. The van der Waals surface area contributed by atoms with Crippen LogP contribution in [0.15, 0.2) is 6.07 Å². The molecule has 0 aromatic carbocycles. The summed E-state index contributed by atoms with van der Waals surface area (Å²) in [5.41, 5.74) is 2.01. The molecule has 1 aromatic heterocycles. The molecule has 2 fully saturated rings. The van der Waals surface area contributed by atoms with Crippen molar-refractivity contribution < 1.29 is 14.4 Å². The van der Waals surface area contributed by atoms with Crippen LogP contribution in [0, 0.1) is 19.3 Å². The minimum absolute atomic E-state index is 0.0446. The molecule has 1 aromatic rings. The number of nitrogens with zero attached hydrogens (tertiary/aromatic N) is 2. The average Bonchev–Trinajstić information content (AvgIpc) is 3.08. The number of hydrogen-bond acceptors (Lipinski definition) is 3. The van der Waals surface area contributed by atoms with E-state index in [1.165, 1.54) is 0 Å². The number of carbonyl (C=O) groups is 3. The van der Waals surface area contributed by atoms with Crippen LogP contribution in [-0.4, -0.2) is 40.3 Å². The first-order valence-corrected chi connectivity index (χ1v) is 7.68. The van der Waals surface area contributed by atoms with Crippen LogP contribution in [0.1, 0.15) is 41.5 Å². The Hall–Kier alpha value is -2.11. The van der Waals surface area contributed by atoms with Crippen molar-refractivity contribution in [1.82, 2.24) is 14.8 Å². The molecule has 6 nitrogen and oxygen atoms in total. The number of hydrogen-bond donors (Lipinski definition) is 1. The molecule has 3 heterocycles. The van der Waals surface area contributed by atoms with Crippen molar-refractivity contribution in [2.75, 3.05) is 13.1 Å². The van der Waals surface area contributed by atoms with E-state index in [-0.39, 0.29) is 24.1 Å². The van der Waals surface area contributed by atoms with Crippen LogP contribution < -0.4 is 5.32 Å². The van der Waals surface area contributed by atoms with Gasteiger partial charge < -0.3 is 9.47 Å². The molecular formula is C16H21N3O3. The minimum Gasteiger partial charge on any atom is -0.349 e. The molecule has 3 amide bonds. The van der Waals surface area contributed by atoms with Crippen molar-refractivity contribution in [3.05, 3.63) is 23.0 Å². The molecule has 2 aliphatic heterocycles. The van der Waals surface area contributed by atoms with Gasteiger partial charge in [-0.3, -0.25) is 19.7 Å². The summed E-state index contributed by atoms with van der Waals surface area (Å²) in [7, 11) is 0. The standard InChI is InChI=1S/C16H21N3O3/c1-4-19-10(2)7-12(11(19)3)14(21)18-6-5-16(9-18)8-13(20)17-15(16)22/h7H,4-6,8-9H2,1-3H3,(H,17,20,22)/t16-/m0/s1. The zero-order chi connectivity index (χ0) is 16.1. The van der Waals surface area contributed by atoms with Crippen molar-refractivity contribution in [2.24, 2.45) is 5.41 Å². The molecule has 0 unspecified atom stereocenters. The summed E-state index contributed by atoms with van der Waals surface area (Å²) < 4.78 is 2.10. The van der Waals surface area contributed by atoms with E-state index in [2.05, 4.69) is 9.88 Å². The molecule has 118 valence electrons. The minimum atomic E-state index is -0.705. The second kappa shape index (κ2) is 4.97. The SMILES string of the molecule is CCn1c(C)cc(C(=O)N2CC[C@]3(CC(=O)NC3=O)C2)c1C. The lowest BCUT2D eigenvalue weighted by molar-refractivity contribution is -0.128. The Balaban J connectivity index is 1.83. The lowest BCUT2D eigenvalue weighted by Crippen LogP contribution is -2.36. The van der Waals surface area contributed by atoms with Crippen LogP contribution in [0.5, 0.6) is 0 Å². The Bertz CT molecular complexity index is 676. The van der Waals surface area contributed by atoms with Gasteiger partial charge in [-0.1, -0.05) is 0 Å².